The van der Waals surface area contributed by atoms with E-state index in [4.69, 9.17) is 0 Å². The van der Waals surface area contributed by atoms with Crippen LogP contribution in [0.1, 0.15) is 17.5 Å². The average molecular weight is 364 g/mol. The molecule has 4 rings (SSSR count). The zero-order valence-electron chi connectivity index (χ0n) is 13.0. The molecule has 0 amide bonds. The van der Waals surface area contributed by atoms with Gasteiger partial charge in [0.25, 0.3) is 0 Å². The molecule has 9 heteroatoms. The fourth-order valence-electron chi connectivity index (χ4n) is 3.27. The Morgan fingerprint density at radius 3 is 2.72 bits per heavy atom. The number of pyridine rings is 1. The van der Waals surface area contributed by atoms with Gasteiger partial charge in [0.05, 0.1) is 6.20 Å². The number of nitrogens with one attached hydrogen (secondary N) is 2. The molecular formula is C16H14F2N4O2S. The van der Waals surface area contributed by atoms with Gasteiger partial charge in [-0.15, -0.1) is 0 Å². The molecule has 0 bridgehead atoms. The number of sulfonamides is 1. The molecule has 1 aromatic carbocycles. The summed E-state index contributed by atoms with van der Waals surface area (Å²) in [6, 6.07) is 2.52. The minimum absolute atomic E-state index is 0.402. The third-order valence-corrected chi connectivity index (χ3v) is 5.97. The highest BCUT2D eigenvalue weighted by Crippen LogP contribution is 2.28. The maximum Gasteiger partial charge on any atom is 0.246 e. The van der Waals surface area contributed by atoms with Crippen LogP contribution in [0.2, 0.25) is 0 Å². The van der Waals surface area contributed by atoms with E-state index in [9.17, 15) is 17.2 Å². The summed E-state index contributed by atoms with van der Waals surface area (Å²) in [4.78, 5) is 3.32. The third-order valence-electron chi connectivity index (χ3n) is 4.40. The molecule has 2 N–H and O–H groups in total. The highest BCUT2D eigenvalue weighted by molar-refractivity contribution is 7.89. The SMILES string of the molecule is O=S(=O)(NC1CCc2c(cnc3[nH]ncc23)C1)c1c(F)cccc1F. The first-order valence-corrected chi connectivity index (χ1v) is 9.20. The first-order valence-electron chi connectivity index (χ1n) is 7.72. The number of hydrogen-bond donors (Lipinski definition) is 2. The molecule has 1 atom stereocenters. The maximum atomic E-state index is 13.8. The normalized spacial score (nSPS) is 17.6. The number of rotatable bonds is 3. The molecule has 25 heavy (non-hydrogen) atoms. The average Bonchev–Trinajstić information content (AvgIpc) is 3.02. The number of benzene rings is 1. The van der Waals surface area contributed by atoms with Crippen LogP contribution in [-0.4, -0.2) is 29.6 Å². The van der Waals surface area contributed by atoms with Gasteiger partial charge in [-0.25, -0.2) is 26.9 Å². The lowest BCUT2D eigenvalue weighted by molar-refractivity contribution is 0.487. The Bertz CT molecular complexity index is 1040. The van der Waals surface area contributed by atoms with Crippen LogP contribution in [-0.2, 0) is 22.9 Å². The molecule has 6 nitrogen and oxygen atoms in total. The van der Waals surface area contributed by atoms with E-state index in [-0.39, 0.29) is 0 Å². The molecule has 1 unspecified atom stereocenters. The second-order valence-corrected chi connectivity index (χ2v) is 7.66. The summed E-state index contributed by atoms with van der Waals surface area (Å²) >= 11 is 0. The van der Waals surface area contributed by atoms with Crippen LogP contribution < -0.4 is 4.72 Å². The molecule has 2 heterocycles. The number of fused-ring (bicyclic) bond motifs is 3. The summed E-state index contributed by atoms with van der Waals surface area (Å²) in [5.41, 5.74) is 2.67. The monoisotopic (exact) mass is 364 g/mol. The molecule has 130 valence electrons. The zero-order chi connectivity index (χ0) is 17.6. The van der Waals surface area contributed by atoms with Crippen molar-refractivity contribution >= 4 is 21.1 Å². The Hall–Kier alpha value is -2.39. The van der Waals surface area contributed by atoms with Gasteiger partial charge in [-0.1, -0.05) is 6.07 Å². The van der Waals surface area contributed by atoms with Gasteiger partial charge in [-0.05, 0) is 42.5 Å². The van der Waals surface area contributed by atoms with Gasteiger partial charge < -0.3 is 0 Å². The number of aryl methyl sites for hydroxylation is 1. The van der Waals surface area contributed by atoms with E-state index < -0.39 is 32.6 Å². The minimum Gasteiger partial charge on any atom is -0.261 e. The highest BCUT2D eigenvalue weighted by Gasteiger charge is 2.29. The molecule has 0 aliphatic heterocycles. The number of aromatic nitrogens is 3. The second kappa shape index (κ2) is 5.85. The van der Waals surface area contributed by atoms with Crippen molar-refractivity contribution in [3.05, 3.63) is 53.4 Å². The van der Waals surface area contributed by atoms with Crippen molar-refractivity contribution in [3.8, 4) is 0 Å². The van der Waals surface area contributed by atoms with Gasteiger partial charge in [-0.2, -0.15) is 5.10 Å². The fourth-order valence-corrected chi connectivity index (χ4v) is 4.67. The van der Waals surface area contributed by atoms with E-state index in [2.05, 4.69) is 19.9 Å². The largest absolute Gasteiger partial charge is 0.261 e. The summed E-state index contributed by atoms with van der Waals surface area (Å²) < 4.78 is 54.8. The summed E-state index contributed by atoms with van der Waals surface area (Å²) in [7, 11) is -4.29. The van der Waals surface area contributed by atoms with Crippen LogP contribution in [0.5, 0.6) is 0 Å². The van der Waals surface area contributed by atoms with Crippen molar-refractivity contribution in [2.45, 2.75) is 30.2 Å². The van der Waals surface area contributed by atoms with E-state index in [1.165, 1.54) is 0 Å². The van der Waals surface area contributed by atoms with Gasteiger partial charge >= 0.3 is 0 Å². The van der Waals surface area contributed by atoms with Crippen LogP contribution in [0.3, 0.4) is 0 Å². The van der Waals surface area contributed by atoms with Gasteiger partial charge in [0, 0.05) is 17.6 Å². The van der Waals surface area contributed by atoms with Crippen LogP contribution in [0, 0.1) is 11.6 Å². The number of halogens is 2. The van der Waals surface area contributed by atoms with Crippen LogP contribution in [0.25, 0.3) is 11.0 Å². The van der Waals surface area contributed by atoms with Gasteiger partial charge in [0.1, 0.15) is 11.6 Å². The summed E-state index contributed by atoms with van der Waals surface area (Å²) in [5.74, 6) is -2.21. The molecule has 0 fully saturated rings. The van der Waals surface area contributed by atoms with Crippen molar-refractivity contribution in [2.75, 3.05) is 0 Å². The summed E-state index contributed by atoms with van der Waals surface area (Å²) in [5, 5.41) is 7.68. The number of H-pyrrole nitrogens is 1. The molecular weight excluding hydrogens is 350 g/mol. The van der Waals surface area contributed by atoms with E-state index >= 15 is 0 Å². The first kappa shape index (κ1) is 16.1. The fraction of sp³-hybridized carbons (Fsp3) is 0.250. The predicted molar refractivity (Wildman–Crippen MR) is 86.4 cm³/mol. The lowest BCUT2D eigenvalue weighted by Crippen LogP contribution is -2.39. The number of nitrogens with zero attached hydrogens (tertiary/aromatic N) is 2. The van der Waals surface area contributed by atoms with Crippen molar-refractivity contribution < 1.29 is 17.2 Å². The number of aromatic amines is 1. The van der Waals surface area contributed by atoms with E-state index in [1.807, 2.05) is 0 Å². The molecule has 1 aliphatic carbocycles. The Kier molecular flexibility index (Phi) is 3.77. The van der Waals surface area contributed by atoms with E-state index in [0.717, 1.165) is 34.7 Å². The zero-order valence-corrected chi connectivity index (χ0v) is 13.8. The Balaban J connectivity index is 1.62. The topological polar surface area (TPSA) is 87.7 Å². The quantitative estimate of drug-likeness (QED) is 0.745. The molecule has 2 aromatic heterocycles. The van der Waals surface area contributed by atoms with Crippen molar-refractivity contribution in [1.29, 1.82) is 0 Å². The van der Waals surface area contributed by atoms with E-state index in [1.54, 1.807) is 12.4 Å². The Morgan fingerprint density at radius 2 is 1.96 bits per heavy atom. The van der Waals surface area contributed by atoms with Gasteiger partial charge in [-0.3, -0.25) is 5.10 Å². The van der Waals surface area contributed by atoms with Crippen molar-refractivity contribution in [1.82, 2.24) is 19.9 Å². The van der Waals surface area contributed by atoms with Gasteiger partial charge in [0.15, 0.2) is 10.5 Å². The van der Waals surface area contributed by atoms with Crippen molar-refractivity contribution in [2.24, 2.45) is 0 Å². The van der Waals surface area contributed by atoms with Crippen LogP contribution >= 0.6 is 0 Å². The standard InChI is InChI=1S/C16H14F2N4O2S/c17-13-2-1-3-14(18)15(13)25(23,24)22-10-4-5-11-9(6-10)7-19-16-12(11)8-20-21-16/h1-3,7-8,10,22H,4-6H2,(H,19,20,21). The van der Waals surface area contributed by atoms with Crippen molar-refractivity contribution in [3.63, 3.8) is 0 Å². The van der Waals surface area contributed by atoms with Crippen LogP contribution in [0.15, 0.2) is 35.5 Å². The molecule has 3 aromatic rings. The lowest BCUT2D eigenvalue weighted by atomic mass is 9.88. The summed E-state index contributed by atoms with van der Waals surface area (Å²) in [6.07, 6.45) is 4.92. The molecule has 0 saturated carbocycles. The van der Waals surface area contributed by atoms with E-state index in [0.29, 0.717) is 24.9 Å². The Morgan fingerprint density at radius 1 is 1.20 bits per heavy atom. The smallest absolute Gasteiger partial charge is 0.246 e. The summed E-state index contributed by atoms with van der Waals surface area (Å²) in [6.45, 7) is 0. The molecule has 0 radical (unpaired) electrons. The molecule has 1 aliphatic rings. The second-order valence-electron chi connectivity index (χ2n) is 6.01. The third kappa shape index (κ3) is 2.79. The minimum atomic E-state index is -4.29. The first-order chi connectivity index (χ1) is 12.0. The molecule has 0 saturated heterocycles. The number of hydrogen-bond acceptors (Lipinski definition) is 4. The van der Waals surface area contributed by atoms with Crippen LogP contribution in [0.4, 0.5) is 8.78 Å². The maximum absolute atomic E-state index is 13.8. The van der Waals surface area contributed by atoms with Gasteiger partial charge in [0.2, 0.25) is 10.0 Å². The predicted octanol–water partition coefficient (Wildman–Crippen LogP) is 2.07. The Labute approximate surface area is 142 Å². The lowest BCUT2D eigenvalue weighted by Gasteiger charge is -2.25. The highest BCUT2D eigenvalue weighted by atomic mass is 32.2. The molecule has 0 spiro atoms.